The number of carbonyl (C=O) groups excluding carboxylic acids is 2. The van der Waals surface area contributed by atoms with Gasteiger partial charge in [0.1, 0.15) is 6.04 Å². The van der Waals surface area contributed by atoms with Gasteiger partial charge in [0, 0.05) is 24.8 Å². The van der Waals surface area contributed by atoms with Gasteiger partial charge >= 0.3 is 6.03 Å². The van der Waals surface area contributed by atoms with Gasteiger partial charge in [-0.25, -0.2) is 4.79 Å². The summed E-state index contributed by atoms with van der Waals surface area (Å²) in [6.45, 7) is 4.02. The molecule has 1 fully saturated rings. The molecule has 0 aromatic heterocycles. The number of ether oxygens (including phenoxy) is 2. The van der Waals surface area contributed by atoms with Crippen molar-refractivity contribution in [2.45, 2.75) is 38.3 Å². The van der Waals surface area contributed by atoms with E-state index in [1.165, 1.54) is 0 Å². The Kier molecular flexibility index (Phi) is 4.89. The van der Waals surface area contributed by atoms with Gasteiger partial charge < -0.3 is 20.1 Å². The van der Waals surface area contributed by atoms with Gasteiger partial charge in [-0.15, -0.1) is 0 Å². The van der Waals surface area contributed by atoms with Crippen molar-refractivity contribution in [1.82, 2.24) is 5.32 Å². The molecule has 2 heterocycles. The predicted octanol–water partition coefficient (Wildman–Crippen LogP) is 0.151. The Morgan fingerprint density at radius 3 is 2.75 bits per heavy atom. The lowest BCUT2D eigenvalue weighted by atomic mass is 10.0. The summed E-state index contributed by atoms with van der Waals surface area (Å²) in [5.41, 5.74) is 6.19. The van der Waals surface area contributed by atoms with Crippen LogP contribution in [0.4, 0.5) is 4.79 Å². The van der Waals surface area contributed by atoms with Crippen molar-refractivity contribution >= 4 is 11.9 Å². The molecule has 1 aromatic carbocycles. The number of imide groups is 1. The maximum absolute atomic E-state index is 12.1. The minimum atomic E-state index is -0.808. The van der Waals surface area contributed by atoms with E-state index >= 15 is 0 Å². The molecule has 0 bridgehead atoms. The number of rotatable bonds is 3. The average Bonchev–Trinajstić information content (AvgIpc) is 2.92. The summed E-state index contributed by atoms with van der Waals surface area (Å²) in [5, 5.41) is 2.18. The van der Waals surface area contributed by atoms with Crippen molar-refractivity contribution in [3.8, 4) is 11.5 Å². The Bertz CT molecular complexity index is 634. The van der Waals surface area contributed by atoms with Crippen molar-refractivity contribution in [3.63, 3.8) is 0 Å². The van der Waals surface area contributed by atoms with E-state index in [9.17, 15) is 9.59 Å². The van der Waals surface area contributed by atoms with Crippen molar-refractivity contribution in [1.29, 1.82) is 0 Å². The largest absolute Gasteiger partial charge is 0.490 e. The van der Waals surface area contributed by atoms with Gasteiger partial charge in [-0.1, -0.05) is 0 Å². The van der Waals surface area contributed by atoms with Crippen molar-refractivity contribution in [3.05, 3.63) is 23.8 Å². The number of nitrogens with one attached hydrogen (secondary N) is 2. The molecule has 1 saturated heterocycles. The van der Waals surface area contributed by atoms with E-state index < -0.39 is 6.03 Å². The molecule has 24 heavy (non-hydrogen) atoms. The molecule has 0 saturated carbocycles. The van der Waals surface area contributed by atoms with E-state index in [0.717, 1.165) is 47.8 Å². The third kappa shape index (κ3) is 3.46. The molecule has 7 heteroatoms. The second-order valence-corrected chi connectivity index (χ2v) is 6.35. The first-order chi connectivity index (χ1) is 11.6. The fourth-order valence-corrected chi connectivity index (χ4v) is 3.56. The molecule has 2 aliphatic heterocycles. The number of quaternary nitrogens is 1. The zero-order valence-corrected chi connectivity index (χ0v) is 13.8. The molecular weight excluding hydrogens is 310 g/mol. The molecule has 2 aliphatic rings. The molecule has 0 spiro atoms. The van der Waals surface area contributed by atoms with Crippen LogP contribution in [-0.2, 0) is 4.79 Å². The summed E-state index contributed by atoms with van der Waals surface area (Å²) in [6.07, 6.45) is 2.89. The monoisotopic (exact) mass is 334 g/mol. The molecule has 7 nitrogen and oxygen atoms in total. The molecule has 3 rings (SSSR count). The minimum Gasteiger partial charge on any atom is -0.490 e. The molecule has 0 aliphatic carbocycles. The summed E-state index contributed by atoms with van der Waals surface area (Å²) >= 11 is 0. The van der Waals surface area contributed by atoms with Gasteiger partial charge in [0.25, 0.3) is 5.91 Å². The highest BCUT2D eigenvalue weighted by molar-refractivity contribution is 5.95. The number of primary amides is 1. The van der Waals surface area contributed by atoms with Crippen molar-refractivity contribution < 1.29 is 24.0 Å². The van der Waals surface area contributed by atoms with Gasteiger partial charge in [0.2, 0.25) is 0 Å². The standard InChI is InChI=1S/C17H23N3O4/c1-11(16(21)19-17(18)22)20-7-2-4-13(20)12-5-6-14-15(10-12)24-9-3-8-23-14/h5-6,10-11,13H,2-4,7-9H2,1H3,(H3,18,19,21,22)/p+1/t11-,13+/m0/s1. The number of nitrogens with two attached hydrogens (primary N) is 1. The molecule has 1 unspecified atom stereocenters. The van der Waals surface area contributed by atoms with Gasteiger partial charge in [0.05, 0.1) is 19.8 Å². The summed E-state index contributed by atoms with van der Waals surface area (Å²) in [7, 11) is 0. The second-order valence-electron chi connectivity index (χ2n) is 6.35. The highest BCUT2D eigenvalue weighted by Gasteiger charge is 2.37. The lowest BCUT2D eigenvalue weighted by Crippen LogP contribution is -3.15. The Balaban J connectivity index is 1.79. The Morgan fingerprint density at radius 1 is 1.25 bits per heavy atom. The number of hydrogen-bond donors (Lipinski definition) is 3. The summed E-state index contributed by atoms with van der Waals surface area (Å²) in [5.74, 6) is 1.21. The van der Waals surface area contributed by atoms with Crippen LogP contribution in [-0.4, -0.2) is 37.7 Å². The van der Waals surface area contributed by atoms with Gasteiger partial charge in [0.15, 0.2) is 17.5 Å². The number of benzene rings is 1. The molecule has 0 radical (unpaired) electrons. The van der Waals surface area contributed by atoms with Crippen LogP contribution < -0.4 is 25.4 Å². The van der Waals surface area contributed by atoms with E-state index in [1.807, 2.05) is 25.1 Å². The lowest BCUT2D eigenvalue weighted by Gasteiger charge is -2.27. The van der Waals surface area contributed by atoms with E-state index in [4.69, 9.17) is 15.2 Å². The quantitative estimate of drug-likeness (QED) is 0.733. The summed E-state index contributed by atoms with van der Waals surface area (Å²) < 4.78 is 11.4. The van der Waals surface area contributed by atoms with E-state index in [-0.39, 0.29) is 18.0 Å². The van der Waals surface area contributed by atoms with Crippen LogP contribution in [0.25, 0.3) is 0 Å². The van der Waals surface area contributed by atoms with Crippen LogP contribution in [0.5, 0.6) is 11.5 Å². The minimum absolute atomic E-state index is 0.191. The average molecular weight is 334 g/mol. The first-order valence-corrected chi connectivity index (χ1v) is 8.41. The third-order valence-electron chi connectivity index (χ3n) is 4.78. The number of urea groups is 1. The number of likely N-dealkylation sites (tertiary alicyclic amines) is 1. The molecular formula is C17H24N3O4+. The Morgan fingerprint density at radius 2 is 2.00 bits per heavy atom. The highest BCUT2D eigenvalue weighted by atomic mass is 16.5. The Labute approximate surface area is 141 Å². The zero-order valence-electron chi connectivity index (χ0n) is 13.8. The molecule has 3 atom stereocenters. The maximum Gasteiger partial charge on any atom is 0.319 e. The lowest BCUT2D eigenvalue weighted by molar-refractivity contribution is -0.932. The van der Waals surface area contributed by atoms with Gasteiger partial charge in [-0.3, -0.25) is 10.1 Å². The molecule has 4 N–H and O–H groups in total. The molecule has 130 valence electrons. The van der Waals surface area contributed by atoms with Crippen LogP contribution >= 0.6 is 0 Å². The maximum atomic E-state index is 12.1. The van der Waals surface area contributed by atoms with Crippen LogP contribution in [0.1, 0.15) is 37.8 Å². The highest BCUT2D eigenvalue weighted by Crippen LogP contribution is 2.33. The first-order valence-electron chi connectivity index (χ1n) is 8.41. The predicted molar refractivity (Wildman–Crippen MR) is 87.0 cm³/mol. The number of fused-ring (bicyclic) bond motifs is 1. The van der Waals surface area contributed by atoms with Crippen molar-refractivity contribution in [2.24, 2.45) is 5.73 Å². The first kappa shape index (κ1) is 16.6. The van der Waals surface area contributed by atoms with E-state index in [1.54, 1.807) is 0 Å². The van der Waals surface area contributed by atoms with Crippen LogP contribution in [0, 0.1) is 0 Å². The molecule has 1 aromatic rings. The summed E-state index contributed by atoms with van der Waals surface area (Å²) in [4.78, 5) is 24.2. The van der Waals surface area contributed by atoms with Crippen LogP contribution in [0.15, 0.2) is 18.2 Å². The van der Waals surface area contributed by atoms with E-state index in [0.29, 0.717) is 13.2 Å². The second kappa shape index (κ2) is 7.09. The summed E-state index contributed by atoms with van der Waals surface area (Å²) in [6, 6.07) is 5.05. The van der Waals surface area contributed by atoms with Crippen LogP contribution in [0.2, 0.25) is 0 Å². The zero-order chi connectivity index (χ0) is 17.1. The SMILES string of the molecule is C[C@@H](C(=O)NC(N)=O)[NH+]1CCC[C@@H]1c1ccc2c(c1)OCCCO2. The van der Waals surface area contributed by atoms with Crippen molar-refractivity contribution in [2.75, 3.05) is 19.8 Å². The normalized spacial score (nSPS) is 24.0. The van der Waals surface area contributed by atoms with E-state index in [2.05, 4.69) is 5.32 Å². The topological polar surface area (TPSA) is 95.1 Å². The smallest absolute Gasteiger partial charge is 0.319 e. The van der Waals surface area contributed by atoms with Gasteiger partial charge in [-0.2, -0.15) is 0 Å². The fourth-order valence-electron chi connectivity index (χ4n) is 3.56. The van der Waals surface area contributed by atoms with Gasteiger partial charge in [-0.05, 0) is 25.1 Å². The number of amides is 3. The Hall–Kier alpha value is -2.28. The van der Waals surface area contributed by atoms with Crippen LogP contribution in [0.3, 0.4) is 0 Å². The number of carbonyl (C=O) groups is 2. The fraction of sp³-hybridized carbons (Fsp3) is 0.529. The molecule has 3 amide bonds. The third-order valence-corrected chi connectivity index (χ3v) is 4.78. The number of hydrogen-bond acceptors (Lipinski definition) is 4.